The van der Waals surface area contributed by atoms with E-state index in [1.807, 2.05) is 18.2 Å². The molecule has 258 valence electrons. The lowest BCUT2D eigenvalue weighted by Gasteiger charge is -2.16. The predicted octanol–water partition coefficient (Wildman–Crippen LogP) is 15.8. The second-order valence-electron chi connectivity index (χ2n) is 14.9. The van der Waals surface area contributed by atoms with Gasteiger partial charge in [-0.2, -0.15) is 0 Å². The molecule has 0 spiro atoms. The Balaban J connectivity index is 0.881. The van der Waals surface area contributed by atoms with Crippen LogP contribution in [0.15, 0.2) is 206 Å². The van der Waals surface area contributed by atoms with E-state index in [1.54, 1.807) is 0 Å². The van der Waals surface area contributed by atoms with Crippen LogP contribution in [0.5, 0.6) is 0 Å². The fraction of sp³-hybridized carbons (Fsp3) is 0. The van der Waals surface area contributed by atoms with Gasteiger partial charge in [0.1, 0.15) is 0 Å². The molecule has 0 bridgehead atoms. The van der Waals surface area contributed by atoms with Crippen molar-refractivity contribution in [2.75, 3.05) is 0 Å². The number of rotatable bonds is 5. The summed E-state index contributed by atoms with van der Waals surface area (Å²) in [6.45, 7) is 0. The molecule has 0 aliphatic carbocycles. The number of benzene rings is 12. The fourth-order valence-corrected chi connectivity index (χ4v) is 9.21. The Labute approximate surface area is 332 Å². The molecule has 0 nitrogen and oxygen atoms in total. The van der Waals surface area contributed by atoms with Crippen molar-refractivity contribution in [3.8, 4) is 55.6 Å². The molecule has 0 amide bonds. The molecule has 12 aromatic rings. The first-order valence-electron chi connectivity index (χ1n) is 21.6. The van der Waals surface area contributed by atoms with Crippen molar-refractivity contribution in [3.05, 3.63) is 206 Å². The van der Waals surface area contributed by atoms with Crippen LogP contribution in [0, 0.1) is 0 Å². The van der Waals surface area contributed by atoms with Gasteiger partial charge in [0.25, 0.3) is 0 Å². The monoisotopic (exact) mass is 711 g/mol. The standard InChI is InChI=1S/C56H34/c1-2-6-37(7-3-1)47-28-23-43-27-33-52-49(30-24-44-26-32-51(47)55(43)56(44)52)39-18-14-36(15-19-39)46-11-5-10-45(34-46)35-12-16-38(17-13-35)48-29-22-42-21-20-40-8-4-9-41-25-31-50(48)54(42)53(40)41/h1-34H/i1D,2D,3D,6D,7D. The molecule has 0 aliphatic rings. The Bertz CT molecular complexity index is 3690. The van der Waals surface area contributed by atoms with Crippen LogP contribution in [0.3, 0.4) is 0 Å². The van der Waals surface area contributed by atoms with Gasteiger partial charge in [-0.05, 0) is 126 Å². The number of hydrogen-bond acceptors (Lipinski definition) is 0. The highest BCUT2D eigenvalue weighted by atomic mass is 14.2. The van der Waals surface area contributed by atoms with Gasteiger partial charge in [-0.3, -0.25) is 0 Å². The van der Waals surface area contributed by atoms with Crippen molar-refractivity contribution in [2.45, 2.75) is 0 Å². The van der Waals surface area contributed by atoms with Gasteiger partial charge in [0.05, 0.1) is 6.85 Å². The van der Waals surface area contributed by atoms with Crippen molar-refractivity contribution in [1.29, 1.82) is 0 Å². The van der Waals surface area contributed by atoms with E-state index in [2.05, 4.69) is 158 Å². The van der Waals surface area contributed by atoms with Gasteiger partial charge in [-0.15, -0.1) is 0 Å². The molecule has 56 heavy (non-hydrogen) atoms. The highest BCUT2D eigenvalue weighted by Gasteiger charge is 2.16. The zero-order chi connectivity index (χ0) is 41.1. The summed E-state index contributed by atoms with van der Waals surface area (Å²) in [6.07, 6.45) is 0. The highest BCUT2D eigenvalue weighted by molar-refractivity contribution is 6.28. The summed E-state index contributed by atoms with van der Waals surface area (Å²) in [7, 11) is 0. The van der Waals surface area contributed by atoms with Gasteiger partial charge in [0.2, 0.25) is 0 Å². The summed E-state index contributed by atoms with van der Waals surface area (Å²) in [4.78, 5) is 0. The molecule has 0 heterocycles. The van der Waals surface area contributed by atoms with Crippen molar-refractivity contribution in [3.63, 3.8) is 0 Å². The first-order chi connectivity index (χ1) is 29.8. The molecule has 0 radical (unpaired) electrons. The van der Waals surface area contributed by atoms with Gasteiger partial charge in [0.15, 0.2) is 0 Å². The topological polar surface area (TPSA) is 0 Å². The van der Waals surface area contributed by atoms with Crippen LogP contribution >= 0.6 is 0 Å². The Morgan fingerprint density at radius 2 is 0.607 bits per heavy atom. The van der Waals surface area contributed by atoms with E-state index < -0.39 is 0 Å². The summed E-state index contributed by atoms with van der Waals surface area (Å²) in [6, 6.07) is 61.7. The van der Waals surface area contributed by atoms with E-state index in [1.165, 1.54) is 54.6 Å². The molecule has 0 unspecified atom stereocenters. The third-order valence-corrected chi connectivity index (χ3v) is 11.9. The summed E-state index contributed by atoms with van der Waals surface area (Å²) in [5, 5.41) is 14.0. The molecule has 0 aliphatic heterocycles. The third-order valence-electron chi connectivity index (χ3n) is 11.9. The van der Waals surface area contributed by atoms with Crippen LogP contribution in [0.1, 0.15) is 6.85 Å². The van der Waals surface area contributed by atoms with Crippen molar-refractivity contribution < 1.29 is 6.85 Å². The number of hydrogen-bond donors (Lipinski definition) is 0. The lowest BCUT2D eigenvalue weighted by molar-refractivity contribution is 1.58. The maximum Gasteiger partial charge on any atom is 0.0629 e. The van der Waals surface area contributed by atoms with E-state index >= 15 is 0 Å². The van der Waals surface area contributed by atoms with E-state index in [-0.39, 0.29) is 35.8 Å². The summed E-state index contributed by atoms with van der Waals surface area (Å²) in [5.74, 6) is 0. The quantitative estimate of drug-likeness (QED) is 0.156. The van der Waals surface area contributed by atoms with Crippen molar-refractivity contribution in [1.82, 2.24) is 0 Å². The summed E-state index contributed by atoms with van der Waals surface area (Å²) < 4.78 is 42.2. The molecule has 0 fully saturated rings. The van der Waals surface area contributed by atoms with Crippen LogP contribution in [-0.2, 0) is 0 Å². The van der Waals surface area contributed by atoms with Crippen LogP contribution in [-0.4, -0.2) is 0 Å². The molecule has 0 heteroatoms. The zero-order valence-electron chi connectivity index (χ0n) is 35.2. The molecule has 12 rings (SSSR count). The third kappa shape index (κ3) is 4.73. The normalized spacial score (nSPS) is 13.2. The molecule has 0 N–H and O–H groups in total. The second-order valence-corrected chi connectivity index (χ2v) is 14.9. The first kappa shape index (κ1) is 26.5. The fourth-order valence-electron chi connectivity index (χ4n) is 9.21. The largest absolute Gasteiger partial charge is 0.0629 e. The van der Waals surface area contributed by atoms with Gasteiger partial charge in [-0.25, -0.2) is 0 Å². The molecule has 0 saturated heterocycles. The van der Waals surface area contributed by atoms with Crippen molar-refractivity contribution in [2.24, 2.45) is 0 Å². The minimum Gasteiger partial charge on any atom is -0.0622 e. The predicted molar refractivity (Wildman–Crippen MR) is 241 cm³/mol. The van der Waals surface area contributed by atoms with Gasteiger partial charge >= 0.3 is 0 Å². The highest BCUT2D eigenvalue weighted by Crippen LogP contribution is 2.43. The molecular weight excluding hydrogens is 673 g/mol. The van der Waals surface area contributed by atoms with Crippen LogP contribution in [0.4, 0.5) is 0 Å². The average Bonchev–Trinajstić information content (AvgIpc) is 3.31. The van der Waals surface area contributed by atoms with E-state index in [4.69, 9.17) is 6.85 Å². The lowest BCUT2D eigenvalue weighted by atomic mass is 9.87. The maximum absolute atomic E-state index is 8.70. The van der Waals surface area contributed by atoms with Crippen LogP contribution in [0.2, 0.25) is 0 Å². The molecule has 12 aromatic carbocycles. The minimum atomic E-state index is -0.387. The SMILES string of the molecule is [2H]c1c([2H])c([2H])c(-c2ccc3ccc4c(-c5ccc(-c6cccc(-c7ccc(-c8ccc9ccc%10cccc%11ccc8c9c%10%11)cc7)c6)cc5)ccc5ccc2c3c54)c([2H])c1[2H]. The van der Waals surface area contributed by atoms with Crippen LogP contribution in [0.25, 0.3) is 120 Å². The molecule has 0 saturated carbocycles. The summed E-state index contributed by atoms with van der Waals surface area (Å²) >= 11 is 0. The van der Waals surface area contributed by atoms with E-state index in [0.29, 0.717) is 5.56 Å². The van der Waals surface area contributed by atoms with Crippen LogP contribution < -0.4 is 0 Å². The van der Waals surface area contributed by atoms with E-state index in [9.17, 15) is 0 Å². The smallest absolute Gasteiger partial charge is 0.0622 e. The minimum absolute atomic E-state index is 0.193. The second kappa shape index (κ2) is 12.1. The molecular formula is C56H34. The molecule has 0 atom stereocenters. The Kier molecular flexibility index (Phi) is 5.73. The average molecular weight is 712 g/mol. The Hall–Kier alpha value is -7.28. The zero-order valence-corrected chi connectivity index (χ0v) is 30.2. The van der Waals surface area contributed by atoms with Gasteiger partial charge in [-0.1, -0.05) is 200 Å². The van der Waals surface area contributed by atoms with Crippen molar-refractivity contribution >= 4 is 64.6 Å². The Morgan fingerprint density at radius 1 is 0.250 bits per heavy atom. The Morgan fingerprint density at radius 3 is 1.09 bits per heavy atom. The molecule has 0 aromatic heterocycles. The first-order valence-corrected chi connectivity index (χ1v) is 19.1. The summed E-state index contributed by atoms with van der Waals surface area (Å²) in [5.41, 5.74) is 10.1. The maximum atomic E-state index is 8.70. The van der Waals surface area contributed by atoms with Gasteiger partial charge in [0, 0.05) is 0 Å². The van der Waals surface area contributed by atoms with Gasteiger partial charge < -0.3 is 0 Å². The van der Waals surface area contributed by atoms with E-state index in [0.717, 1.165) is 54.6 Å². The lowest BCUT2D eigenvalue weighted by Crippen LogP contribution is -1.89.